The second-order valence-electron chi connectivity index (χ2n) is 5.34. The van der Waals surface area contributed by atoms with Crippen LogP contribution >= 0.6 is 23.2 Å². The molecule has 0 aliphatic rings. The molecule has 0 fully saturated rings. The third-order valence-corrected chi connectivity index (χ3v) is 4.21. The number of carbonyl (C=O) groups excluding carboxylic acids is 1. The van der Waals surface area contributed by atoms with Gasteiger partial charge in [-0.25, -0.2) is 9.67 Å². The van der Waals surface area contributed by atoms with Gasteiger partial charge in [-0.15, -0.1) is 0 Å². The first kappa shape index (κ1) is 16.5. The van der Waals surface area contributed by atoms with E-state index < -0.39 is 5.91 Å². The van der Waals surface area contributed by atoms with Crippen LogP contribution in [-0.4, -0.2) is 20.7 Å². The Labute approximate surface area is 149 Å². The summed E-state index contributed by atoms with van der Waals surface area (Å²) in [6.07, 6.45) is 1.83. The molecule has 2 aromatic heterocycles. The van der Waals surface area contributed by atoms with E-state index in [1.54, 1.807) is 23.0 Å². The highest BCUT2D eigenvalue weighted by molar-refractivity contribution is 6.42. The Bertz CT molecular complexity index is 921. The molecule has 2 heterocycles. The molecule has 0 radical (unpaired) electrons. The van der Waals surface area contributed by atoms with Crippen molar-refractivity contribution < 1.29 is 4.79 Å². The normalized spacial score (nSPS) is 10.8. The lowest BCUT2D eigenvalue weighted by Gasteiger charge is -2.03. The number of nitrogens with two attached hydrogens (primary N) is 1. The number of rotatable bonds is 4. The molecule has 0 unspecified atom stereocenters. The minimum Gasteiger partial charge on any atom is -0.369 e. The largest absolute Gasteiger partial charge is 0.369 e. The van der Waals surface area contributed by atoms with Gasteiger partial charge in [0.1, 0.15) is 0 Å². The van der Waals surface area contributed by atoms with E-state index in [0.717, 1.165) is 16.8 Å². The molecule has 5 nitrogen and oxygen atoms in total. The quantitative estimate of drug-likeness (QED) is 0.772. The van der Waals surface area contributed by atoms with Crippen LogP contribution in [0.4, 0.5) is 0 Å². The second kappa shape index (κ2) is 6.63. The van der Waals surface area contributed by atoms with E-state index >= 15 is 0 Å². The van der Waals surface area contributed by atoms with Gasteiger partial charge in [0.05, 0.1) is 22.2 Å². The first-order valence-corrected chi connectivity index (χ1v) is 7.96. The summed E-state index contributed by atoms with van der Waals surface area (Å²) in [5, 5.41) is 5.36. The van der Waals surface area contributed by atoms with E-state index in [0.29, 0.717) is 21.6 Å². The SMILES string of the molecule is Cc1cccc(-n2cc(-c3ccc(Cl)c(Cl)c3)c(CC(N)=O)n2)n1. The van der Waals surface area contributed by atoms with Gasteiger partial charge in [0, 0.05) is 17.5 Å². The Morgan fingerprint density at radius 2 is 2.00 bits per heavy atom. The highest BCUT2D eigenvalue weighted by Crippen LogP contribution is 2.30. The lowest BCUT2D eigenvalue weighted by atomic mass is 10.1. The first-order valence-electron chi connectivity index (χ1n) is 7.20. The molecule has 0 saturated heterocycles. The highest BCUT2D eigenvalue weighted by atomic mass is 35.5. The predicted molar refractivity (Wildman–Crippen MR) is 94.5 cm³/mol. The summed E-state index contributed by atoms with van der Waals surface area (Å²) in [7, 11) is 0. The standard InChI is InChI=1S/C17H14Cl2N4O/c1-10-3-2-4-17(21-10)23-9-12(15(22-23)8-16(20)24)11-5-6-13(18)14(19)7-11/h2-7,9H,8H2,1H3,(H2,20,24). The molecule has 24 heavy (non-hydrogen) atoms. The lowest BCUT2D eigenvalue weighted by molar-refractivity contribution is -0.117. The number of amides is 1. The molecule has 0 atom stereocenters. The van der Waals surface area contributed by atoms with Crippen molar-refractivity contribution in [3.05, 3.63) is 64.0 Å². The minimum absolute atomic E-state index is 0.0222. The Morgan fingerprint density at radius 3 is 2.67 bits per heavy atom. The molecule has 7 heteroatoms. The van der Waals surface area contributed by atoms with E-state index in [-0.39, 0.29) is 6.42 Å². The fourth-order valence-electron chi connectivity index (χ4n) is 2.38. The van der Waals surface area contributed by atoms with Gasteiger partial charge in [-0.1, -0.05) is 35.3 Å². The van der Waals surface area contributed by atoms with Crippen LogP contribution in [0.5, 0.6) is 0 Å². The summed E-state index contributed by atoms with van der Waals surface area (Å²) in [4.78, 5) is 15.8. The maximum absolute atomic E-state index is 11.4. The molecule has 1 amide bonds. The second-order valence-corrected chi connectivity index (χ2v) is 6.16. The maximum Gasteiger partial charge on any atom is 0.223 e. The van der Waals surface area contributed by atoms with Crippen molar-refractivity contribution in [2.24, 2.45) is 5.73 Å². The van der Waals surface area contributed by atoms with Crippen LogP contribution in [0.1, 0.15) is 11.4 Å². The third-order valence-electron chi connectivity index (χ3n) is 3.47. The molecule has 0 aliphatic heterocycles. The average molecular weight is 361 g/mol. The average Bonchev–Trinajstić information content (AvgIpc) is 2.93. The van der Waals surface area contributed by atoms with Crippen molar-refractivity contribution in [3.63, 3.8) is 0 Å². The number of hydrogen-bond acceptors (Lipinski definition) is 3. The van der Waals surface area contributed by atoms with Gasteiger partial charge >= 0.3 is 0 Å². The van der Waals surface area contributed by atoms with Gasteiger partial charge in [-0.05, 0) is 36.8 Å². The van der Waals surface area contributed by atoms with Gasteiger partial charge in [0.2, 0.25) is 5.91 Å². The van der Waals surface area contributed by atoms with Crippen molar-refractivity contribution in [1.29, 1.82) is 0 Å². The minimum atomic E-state index is -0.459. The van der Waals surface area contributed by atoms with E-state index in [1.165, 1.54) is 0 Å². The molecule has 0 saturated carbocycles. The molecule has 2 N–H and O–H groups in total. The lowest BCUT2D eigenvalue weighted by Crippen LogP contribution is -2.14. The molecular formula is C17H14Cl2N4O. The number of hydrogen-bond donors (Lipinski definition) is 1. The molecule has 0 bridgehead atoms. The number of benzene rings is 1. The van der Waals surface area contributed by atoms with Gasteiger partial charge in [-0.2, -0.15) is 5.10 Å². The number of aryl methyl sites for hydroxylation is 1. The van der Waals surface area contributed by atoms with Crippen LogP contribution in [0.3, 0.4) is 0 Å². The molecule has 122 valence electrons. The molecular weight excluding hydrogens is 347 g/mol. The zero-order valence-corrected chi connectivity index (χ0v) is 14.3. The van der Waals surface area contributed by atoms with Crippen molar-refractivity contribution in [3.8, 4) is 16.9 Å². The van der Waals surface area contributed by atoms with E-state index in [4.69, 9.17) is 28.9 Å². The van der Waals surface area contributed by atoms with Crippen molar-refractivity contribution >= 4 is 29.1 Å². The Balaban J connectivity index is 2.13. The van der Waals surface area contributed by atoms with Crippen molar-refractivity contribution in [2.45, 2.75) is 13.3 Å². The summed E-state index contributed by atoms with van der Waals surface area (Å²) in [6, 6.07) is 10.9. The number of carbonyl (C=O) groups is 1. The van der Waals surface area contributed by atoms with Crippen LogP contribution in [0, 0.1) is 6.92 Å². The summed E-state index contributed by atoms with van der Waals surface area (Å²) < 4.78 is 1.63. The molecule has 1 aromatic carbocycles. The number of nitrogens with zero attached hydrogens (tertiary/aromatic N) is 3. The Hall–Kier alpha value is -2.37. The van der Waals surface area contributed by atoms with E-state index in [1.807, 2.05) is 31.2 Å². The monoisotopic (exact) mass is 360 g/mol. The van der Waals surface area contributed by atoms with Gasteiger partial charge in [0.15, 0.2) is 5.82 Å². The molecule has 3 aromatic rings. The van der Waals surface area contributed by atoms with Crippen LogP contribution in [-0.2, 0) is 11.2 Å². The first-order chi connectivity index (χ1) is 11.4. The molecule has 0 aliphatic carbocycles. The molecule has 0 spiro atoms. The zero-order valence-electron chi connectivity index (χ0n) is 12.8. The fourth-order valence-corrected chi connectivity index (χ4v) is 2.68. The highest BCUT2D eigenvalue weighted by Gasteiger charge is 2.15. The van der Waals surface area contributed by atoms with Crippen molar-refractivity contribution in [1.82, 2.24) is 14.8 Å². The fraction of sp³-hybridized carbons (Fsp3) is 0.118. The Morgan fingerprint density at radius 1 is 1.21 bits per heavy atom. The maximum atomic E-state index is 11.4. The Kier molecular flexibility index (Phi) is 4.55. The smallest absolute Gasteiger partial charge is 0.223 e. The summed E-state index contributed by atoms with van der Waals surface area (Å²) in [5.74, 6) is 0.200. The van der Waals surface area contributed by atoms with Crippen LogP contribution in [0.15, 0.2) is 42.6 Å². The van der Waals surface area contributed by atoms with Crippen LogP contribution in [0.25, 0.3) is 16.9 Å². The molecule has 3 rings (SSSR count). The van der Waals surface area contributed by atoms with Crippen molar-refractivity contribution in [2.75, 3.05) is 0 Å². The number of halogens is 2. The van der Waals surface area contributed by atoms with Gasteiger partial charge in [-0.3, -0.25) is 4.79 Å². The van der Waals surface area contributed by atoms with Gasteiger partial charge in [0.25, 0.3) is 0 Å². The van der Waals surface area contributed by atoms with Crippen LogP contribution < -0.4 is 5.73 Å². The predicted octanol–water partition coefficient (Wildman–Crippen LogP) is 3.58. The number of aromatic nitrogens is 3. The summed E-state index contributed by atoms with van der Waals surface area (Å²) in [5.41, 5.74) is 8.34. The van der Waals surface area contributed by atoms with Gasteiger partial charge < -0.3 is 5.73 Å². The summed E-state index contributed by atoms with van der Waals surface area (Å²) in [6.45, 7) is 1.90. The zero-order chi connectivity index (χ0) is 17.3. The van der Waals surface area contributed by atoms with Crippen LogP contribution in [0.2, 0.25) is 10.0 Å². The number of primary amides is 1. The summed E-state index contributed by atoms with van der Waals surface area (Å²) >= 11 is 12.1. The number of pyridine rings is 1. The van der Waals surface area contributed by atoms with E-state index in [9.17, 15) is 4.79 Å². The van der Waals surface area contributed by atoms with E-state index in [2.05, 4.69) is 10.1 Å². The third kappa shape index (κ3) is 3.42. The topological polar surface area (TPSA) is 73.8 Å².